The van der Waals surface area contributed by atoms with E-state index >= 15 is 0 Å². The van der Waals surface area contributed by atoms with Crippen molar-refractivity contribution in [2.75, 3.05) is 20.8 Å². The Labute approximate surface area is 152 Å². The second-order valence-electron chi connectivity index (χ2n) is 7.21. The Morgan fingerprint density at radius 1 is 1.04 bits per heavy atom. The number of aryl methyl sites for hydroxylation is 1. The van der Waals surface area contributed by atoms with Crippen LogP contribution in [-0.4, -0.2) is 32.8 Å². The number of nitrogens with two attached hydrogens (primary N) is 1. The van der Waals surface area contributed by atoms with Crippen molar-refractivity contribution in [2.24, 2.45) is 11.7 Å². The summed E-state index contributed by atoms with van der Waals surface area (Å²) in [5.74, 6) is 0.0406. The highest BCUT2D eigenvalue weighted by Crippen LogP contribution is 2.38. The summed E-state index contributed by atoms with van der Waals surface area (Å²) in [7, 11) is 3.20. The minimum absolute atomic E-state index is 0.0877. The van der Waals surface area contributed by atoms with E-state index in [9.17, 15) is 4.79 Å². The van der Waals surface area contributed by atoms with Gasteiger partial charge in [0.15, 0.2) is 0 Å². The second-order valence-corrected chi connectivity index (χ2v) is 7.21. The van der Waals surface area contributed by atoms with E-state index in [0.717, 1.165) is 25.9 Å². The third-order valence-electron chi connectivity index (χ3n) is 5.38. The molecular weight excluding hydrogens is 314 g/mol. The summed E-state index contributed by atoms with van der Waals surface area (Å²) in [5, 5.41) is 0. The number of benzene rings is 1. The lowest BCUT2D eigenvalue weighted by molar-refractivity contribution is -0.145. The Morgan fingerprint density at radius 2 is 1.72 bits per heavy atom. The third kappa shape index (κ3) is 6.12. The molecule has 1 aromatic carbocycles. The van der Waals surface area contributed by atoms with E-state index in [0.29, 0.717) is 5.92 Å². The first-order valence-corrected chi connectivity index (χ1v) is 9.57. The molecule has 0 aromatic heterocycles. The molecule has 0 saturated heterocycles. The second kappa shape index (κ2) is 10.6. The van der Waals surface area contributed by atoms with E-state index < -0.39 is 0 Å². The number of carbonyl (C=O) groups excluding carboxylic acids is 1. The maximum atomic E-state index is 11.8. The van der Waals surface area contributed by atoms with Crippen molar-refractivity contribution in [3.05, 3.63) is 35.4 Å². The molecule has 1 saturated carbocycles. The normalized spacial score (nSPS) is 22.9. The minimum atomic E-state index is -0.169. The van der Waals surface area contributed by atoms with E-state index in [1.165, 1.54) is 50.3 Å². The number of rotatable bonds is 10. The standard InChI is InChI=1S/C21H33NO3/c1-24-13-7-5-3-4-6-8-16-9-11-17(12-10-16)18-14-19(20(22)15-18)21(23)25-2/h9-12,18-20H,3-8,13-15,22H2,1-2H3/t18-,19-,20-/m0/s1. The van der Waals surface area contributed by atoms with Gasteiger partial charge in [-0.1, -0.05) is 43.5 Å². The predicted octanol–water partition coefficient (Wildman–Crippen LogP) is 3.82. The van der Waals surface area contributed by atoms with Crippen LogP contribution in [0.1, 0.15) is 62.0 Å². The third-order valence-corrected chi connectivity index (χ3v) is 5.38. The lowest BCUT2D eigenvalue weighted by Crippen LogP contribution is -2.31. The zero-order chi connectivity index (χ0) is 18.1. The number of carbonyl (C=O) groups is 1. The fourth-order valence-corrected chi connectivity index (χ4v) is 3.83. The van der Waals surface area contributed by atoms with Gasteiger partial charge in [0, 0.05) is 19.8 Å². The van der Waals surface area contributed by atoms with Crippen LogP contribution in [0, 0.1) is 5.92 Å². The fraction of sp³-hybridized carbons (Fsp3) is 0.667. The van der Waals surface area contributed by atoms with Crippen molar-refractivity contribution in [1.82, 2.24) is 0 Å². The lowest BCUT2D eigenvalue weighted by atomic mass is 9.94. The zero-order valence-electron chi connectivity index (χ0n) is 15.7. The summed E-state index contributed by atoms with van der Waals surface area (Å²) in [6.07, 6.45) is 9.04. The minimum Gasteiger partial charge on any atom is -0.469 e. The van der Waals surface area contributed by atoms with Crippen LogP contribution >= 0.6 is 0 Å². The molecule has 0 unspecified atom stereocenters. The van der Waals surface area contributed by atoms with Gasteiger partial charge in [0.25, 0.3) is 0 Å². The van der Waals surface area contributed by atoms with Crippen LogP contribution in [0.2, 0.25) is 0 Å². The van der Waals surface area contributed by atoms with Crippen molar-refractivity contribution >= 4 is 5.97 Å². The topological polar surface area (TPSA) is 61.5 Å². The van der Waals surface area contributed by atoms with Gasteiger partial charge in [0.2, 0.25) is 0 Å². The van der Waals surface area contributed by atoms with Gasteiger partial charge in [-0.05, 0) is 49.1 Å². The molecule has 0 aliphatic heterocycles. The molecule has 25 heavy (non-hydrogen) atoms. The SMILES string of the molecule is COCCCCCCCc1ccc([C@H]2C[C@H](C(=O)OC)[C@@H](N)C2)cc1. The number of hydrogen-bond acceptors (Lipinski definition) is 4. The summed E-state index contributed by atoms with van der Waals surface area (Å²) >= 11 is 0. The summed E-state index contributed by atoms with van der Waals surface area (Å²) in [4.78, 5) is 11.8. The Morgan fingerprint density at radius 3 is 2.40 bits per heavy atom. The van der Waals surface area contributed by atoms with Gasteiger partial charge in [0.1, 0.15) is 0 Å². The molecule has 1 aliphatic carbocycles. The van der Waals surface area contributed by atoms with Crippen molar-refractivity contribution in [3.63, 3.8) is 0 Å². The Bertz CT molecular complexity index is 514. The maximum Gasteiger partial charge on any atom is 0.310 e. The molecule has 4 heteroatoms. The number of esters is 1. The van der Waals surface area contributed by atoms with E-state index in [4.69, 9.17) is 15.2 Å². The molecule has 3 atom stereocenters. The highest BCUT2D eigenvalue weighted by Gasteiger charge is 2.37. The number of methoxy groups -OCH3 is 2. The van der Waals surface area contributed by atoms with Gasteiger partial charge in [-0.2, -0.15) is 0 Å². The van der Waals surface area contributed by atoms with Crippen LogP contribution in [0.15, 0.2) is 24.3 Å². The average molecular weight is 347 g/mol. The van der Waals surface area contributed by atoms with Crippen molar-refractivity contribution in [1.29, 1.82) is 0 Å². The molecular formula is C21H33NO3. The number of unbranched alkanes of at least 4 members (excludes halogenated alkanes) is 4. The van der Waals surface area contributed by atoms with Crippen LogP contribution < -0.4 is 5.73 Å². The summed E-state index contributed by atoms with van der Waals surface area (Å²) in [5.41, 5.74) is 8.82. The Kier molecular flexibility index (Phi) is 8.42. The largest absolute Gasteiger partial charge is 0.469 e. The molecule has 0 heterocycles. The molecule has 0 bridgehead atoms. The first-order chi connectivity index (χ1) is 12.2. The van der Waals surface area contributed by atoms with Gasteiger partial charge in [0.05, 0.1) is 13.0 Å². The highest BCUT2D eigenvalue weighted by atomic mass is 16.5. The van der Waals surface area contributed by atoms with Crippen LogP contribution in [0.4, 0.5) is 0 Å². The van der Waals surface area contributed by atoms with Gasteiger partial charge < -0.3 is 15.2 Å². The predicted molar refractivity (Wildman–Crippen MR) is 101 cm³/mol. The van der Waals surface area contributed by atoms with Crippen molar-refractivity contribution in [3.8, 4) is 0 Å². The Balaban J connectivity index is 1.74. The molecule has 2 N–H and O–H groups in total. The fourth-order valence-electron chi connectivity index (χ4n) is 3.83. The number of ether oxygens (including phenoxy) is 2. The van der Waals surface area contributed by atoms with Gasteiger partial charge in [-0.15, -0.1) is 0 Å². The molecule has 0 amide bonds. The molecule has 140 valence electrons. The summed E-state index contributed by atoms with van der Waals surface area (Å²) < 4.78 is 9.94. The van der Waals surface area contributed by atoms with Crippen LogP contribution in [-0.2, 0) is 20.7 Å². The van der Waals surface area contributed by atoms with Gasteiger partial charge in [-0.25, -0.2) is 0 Å². The van der Waals surface area contributed by atoms with Crippen LogP contribution in [0.25, 0.3) is 0 Å². The molecule has 1 aliphatic rings. The van der Waals surface area contributed by atoms with Gasteiger partial charge >= 0.3 is 5.97 Å². The quantitative estimate of drug-likeness (QED) is 0.516. The van der Waals surface area contributed by atoms with Crippen molar-refractivity contribution in [2.45, 2.75) is 63.3 Å². The molecule has 0 radical (unpaired) electrons. The van der Waals surface area contributed by atoms with Crippen LogP contribution in [0.5, 0.6) is 0 Å². The summed E-state index contributed by atoms with van der Waals surface area (Å²) in [6, 6.07) is 8.81. The maximum absolute atomic E-state index is 11.8. The first-order valence-electron chi connectivity index (χ1n) is 9.57. The van der Waals surface area contributed by atoms with Crippen LogP contribution in [0.3, 0.4) is 0 Å². The van der Waals surface area contributed by atoms with E-state index in [1.54, 1.807) is 7.11 Å². The smallest absolute Gasteiger partial charge is 0.310 e. The molecule has 1 fully saturated rings. The summed E-state index contributed by atoms with van der Waals surface area (Å²) in [6.45, 7) is 0.878. The first kappa shape index (κ1) is 19.9. The molecule has 0 spiro atoms. The highest BCUT2D eigenvalue weighted by molar-refractivity contribution is 5.73. The monoisotopic (exact) mass is 347 g/mol. The van der Waals surface area contributed by atoms with E-state index in [-0.39, 0.29) is 17.9 Å². The van der Waals surface area contributed by atoms with Gasteiger partial charge in [-0.3, -0.25) is 4.79 Å². The average Bonchev–Trinajstić information content (AvgIpc) is 3.02. The molecule has 4 nitrogen and oxygen atoms in total. The molecule has 1 aromatic rings. The number of hydrogen-bond donors (Lipinski definition) is 1. The zero-order valence-corrected chi connectivity index (χ0v) is 15.7. The molecule has 2 rings (SSSR count). The lowest BCUT2D eigenvalue weighted by Gasteiger charge is -2.11. The van der Waals surface area contributed by atoms with E-state index in [1.807, 2.05) is 0 Å². The van der Waals surface area contributed by atoms with Crippen molar-refractivity contribution < 1.29 is 14.3 Å². The Hall–Kier alpha value is -1.39. The van der Waals surface area contributed by atoms with E-state index in [2.05, 4.69) is 24.3 Å².